The quantitative estimate of drug-likeness (QED) is 0.463. The van der Waals surface area contributed by atoms with Gasteiger partial charge in [0.15, 0.2) is 0 Å². The molecule has 0 aromatic rings. The molecule has 0 aliphatic carbocycles. The fourth-order valence-corrected chi connectivity index (χ4v) is 1.77. The molecule has 10 heavy (non-hydrogen) atoms. The second kappa shape index (κ2) is 2.49. The molecule has 3 nitrogen and oxygen atoms in total. The first-order valence-electron chi connectivity index (χ1n) is 3.85. The minimum atomic E-state index is -0.0962. The smallest absolute Gasteiger partial charge is 0.0682 e. The molecule has 0 aromatic heterocycles. The number of hydrogen-bond donors (Lipinski definition) is 2. The number of fused-ring (bicyclic) bond motifs is 1. The maximum Gasteiger partial charge on any atom is 0.0682 e. The first-order valence-corrected chi connectivity index (χ1v) is 3.85. The van der Waals surface area contributed by atoms with Crippen LogP contribution in [0.5, 0.6) is 0 Å². The van der Waals surface area contributed by atoms with Gasteiger partial charge >= 0.3 is 0 Å². The average Bonchev–Trinajstić information content (AvgIpc) is 2.27. The minimum absolute atomic E-state index is 0.0962. The predicted molar refractivity (Wildman–Crippen MR) is 38.3 cm³/mol. The van der Waals surface area contributed by atoms with Crippen LogP contribution in [-0.2, 0) is 0 Å². The van der Waals surface area contributed by atoms with Gasteiger partial charge in [0.2, 0.25) is 0 Å². The van der Waals surface area contributed by atoms with E-state index in [1.54, 1.807) is 0 Å². The van der Waals surface area contributed by atoms with Gasteiger partial charge in [0.1, 0.15) is 0 Å². The van der Waals surface area contributed by atoms with Crippen LogP contribution >= 0.6 is 0 Å². The monoisotopic (exact) mass is 141 g/mol. The van der Waals surface area contributed by atoms with Crippen molar-refractivity contribution in [3.8, 4) is 0 Å². The Bertz CT molecular complexity index is 115. The van der Waals surface area contributed by atoms with E-state index in [1.807, 2.05) is 0 Å². The molecule has 0 amide bonds. The Hall–Kier alpha value is -0.120. The van der Waals surface area contributed by atoms with Crippen molar-refractivity contribution in [3.05, 3.63) is 6.54 Å². The summed E-state index contributed by atoms with van der Waals surface area (Å²) >= 11 is 0. The molecular weight excluding hydrogens is 128 g/mol. The van der Waals surface area contributed by atoms with Crippen LogP contribution in [0.3, 0.4) is 0 Å². The number of nitrogens with zero attached hydrogens (tertiary/aromatic N) is 1. The molecule has 0 aromatic carbocycles. The predicted octanol–water partition coefficient (Wildman–Crippen LogP) is -0.813. The standard InChI is InChI=1S/C7H13N2O/c10-7-3-6-4-8-1-2-9(6)5-7/h4,6-8,10H,1-3,5H2. The third kappa shape index (κ3) is 1.05. The van der Waals surface area contributed by atoms with Crippen LogP contribution in [0.1, 0.15) is 6.42 Å². The maximum absolute atomic E-state index is 9.27. The highest BCUT2D eigenvalue weighted by Gasteiger charge is 2.32. The van der Waals surface area contributed by atoms with Crippen molar-refractivity contribution >= 4 is 0 Å². The van der Waals surface area contributed by atoms with Gasteiger partial charge in [-0.15, -0.1) is 0 Å². The number of piperazine rings is 1. The summed E-state index contributed by atoms with van der Waals surface area (Å²) in [6.45, 7) is 5.07. The Morgan fingerprint density at radius 1 is 1.60 bits per heavy atom. The van der Waals surface area contributed by atoms with Crippen LogP contribution in [0.15, 0.2) is 0 Å². The zero-order valence-corrected chi connectivity index (χ0v) is 5.95. The minimum Gasteiger partial charge on any atom is -0.392 e. The van der Waals surface area contributed by atoms with Gasteiger partial charge in [-0.1, -0.05) is 0 Å². The van der Waals surface area contributed by atoms with Crippen LogP contribution in [0.2, 0.25) is 0 Å². The molecule has 2 saturated heterocycles. The van der Waals surface area contributed by atoms with E-state index in [-0.39, 0.29) is 6.10 Å². The van der Waals surface area contributed by atoms with E-state index >= 15 is 0 Å². The third-order valence-electron chi connectivity index (χ3n) is 2.28. The molecule has 2 aliphatic rings. The van der Waals surface area contributed by atoms with Crippen molar-refractivity contribution < 1.29 is 5.11 Å². The fraction of sp³-hybridized carbons (Fsp3) is 0.857. The molecule has 1 radical (unpaired) electrons. The van der Waals surface area contributed by atoms with E-state index in [0.717, 1.165) is 26.1 Å². The Balaban J connectivity index is 1.97. The van der Waals surface area contributed by atoms with Crippen molar-refractivity contribution in [1.82, 2.24) is 10.2 Å². The normalized spacial score (nSPS) is 41.7. The van der Waals surface area contributed by atoms with Crippen molar-refractivity contribution in [3.63, 3.8) is 0 Å². The van der Waals surface area contributed by atoms with Crippen molar-refractivity contribution in [2.45, 2.75) is 18.6 Å². The zero-order valence-electron chi connectivity index (χ0n) is 5.95. The highest BCUT2D eigenvalue weighted by atomic mass is 16.3. The second-order valence-corrected chi connectivity index (χ2v) is 3.07. The highest BCUT2D eigenvalue weighted by Crippen LogP contribution is 2.20. The topological polar surface area (TPSA) is 35.5 Å². The van der Waals surface area contributed by atoms with Crippen molar-refractivity contribution in [2.24, 2.45) is 0 Å². The highest BCUT2D eigenvalue weighted by molar-refractivity contribution is 4.95. The molecule has 2 rings (SSSR count). The summed E-state index contributed by atoms with van der Waals surface area (Å²) in [5.74, 6) is 0. The lowest BCUT2D eigenvalue weighted by molar-refractivity contribution is 0.173. The van der Waals surface area contributed by atoms with Gasteiger partial charge in [-0.25, -0.2) is 0 Å². The molecule has 2 aliphatic heterocycles. The molecule has 2 unspecified atom stereocenters. The van der Waals surface area contributed by atoms with Crippen LogP contribution in [-0.4, -0.2) is 41.8 Å². The summed E-state index contributed by atoms with van der Waals surface area (Å²) in [5, 5.41) is 12.5. The lowest BCUT2D eigenvalue weighted by Gasteiger charge is -2.28. The molecular formula is C7H13N2O. The number of hydrogen-bond acceptors (Lipinski definition) is 3. The van der Waals surface area contributed by atoms with Crippen LogP contribution in [0, 0.1) is 6.54 Å². The maximum atomic E-state index is 9.27. The number of aliphatic hydroxyl groups excluding tert-OH is 1. The first kappa shape index (κ1) is 6.58. The van der Waals surface area contributed by atoms with E-state index in [4.69, 9.17) is 0 Å². The van der Waals surface area contributed by atoms with E-state index in [2.05, 4.69) is 16.8 Å². The Morgan fingerprint density at radius 2 is 2.50 bits per heavy atom. The summed E-state index contributed by atoms with van der Waals surface area (Å²) in [4.78, 5) is 2.32. The van der Waals surface area contributed by atoms with Crippen molar-refractivity contribution in [2.75, 3.05) is 19.6 Å². The SMILES string of the molecule is OC1CC2[CH]NCCN2C1. The Kier molecular flexibility index (Phi) is 1.64. The second-order valence-electron chi connectivity index (χ2n) is 3.07. The van der Waals surface area contributed by atoms with Gasteiger partial charge in [0.25, 0.3) is 0 Å². The summed E-state index contributed by atoms with van der Waals surface area (Å²) < 4.78 is 0. The van der Waals surface area contributed by atoms with Gasteiger partial charge in [-0.05, 0) is 6.42 Å². The number of aliphatic hydroxyl groups is 1. The van der Waals surface area contributed by atoms with Gasteiger partial charge in [0.05, 0.1) is 6.10 Å². The molecule has 57 valence electrons. The molecule has 3 heteroatoms. The van der Waals surface area contributed by atoms with Crippen LogP contribution in [0.4, 0.5) is 0 Å². The molecule has 0 saturated carbocycles. The lowest BCUT2D eigenvalue weighted by Crippen LogP contribution is -2.44. The molecule has 2 fully saturated rings. The summed E-state index contributed by atoms with van der Waals surface area (Å²) in [6, 6.07) is 0.490. The number of rotatable bonds is 0. The Labute approximate surface area is 61.0 Å². The van der Waals surface area contributed by atoms with Gasteiger partial charge in [-0.3, -0.25) is 4.90 Å². The van der Waals surface area contributed by atoms with Gasteiger partial charge < -0.3 is 10.4 Å². The molecule has 2 atom stereocenters. The Morgan fingerprint density at radius 3 is 3.30 bits per heavy atom. The first-order chi connectivity index (χ1) is 4.86. The van der Waals surface area contributed by atoms with E-state index in [1.165, 1.54) is 0 Å². The average molecular weight is 141 g/mol. The number of nitrogens with one attached hydrogen (secondary N) is 1. The van der Waals surface area contributed by atoms with Crippen LogP contribution in [0.25, 0.3) is 0 Å². The van der Waals surface area contributed by atoms with E-state index in [9.17, 15) is 5.11 Å². The van der Waals surface area contributed by atoms with Gasteiger partial charge in [0, 0.05) is 32.2 Å². The van der Waals surface area contributed by atoms with E-state index in [0.29, 0.717) is 6.04 Å². The lowest BCUT2D eigenvalue weighted by atomic mass is 10.2. The fourth-order valence-electron chi connectivity index (χ4n) is 1.77. The summed E-state index contributed by atoms with van der Waals surface area (Å²) in [5.41, 5.74) is 0. The van der Waals surface area contributed by atoms with Crippen molar-refractivity contribution in [1.29, 1.82) is 0 Å². The molecule has 2 N–H and O–H groups in total. The molecule has 2 heterocycles. The van der Waals surface area contributed by atoms with Gasteiger partial charge in [-0.2, -0.15) is 0 Å². The van der Waals surface area contributed by atoms with Crippen LogP contribution < -0.4 is 5.32 Å². The third-order valence-corrected chi connectivity index (χ3v) is 2.28. The summed E-state index contributed by atoms with van der Waals surface area (Å²) in [7, 11) is 0. The summed E-state index contributed by atoms with van der Waals surface area (Å²) in [6.07, 6.45) is 0.814. The largest absolute Gasteiger partial charge is 0.392 e. The zero-order chi connectivity index (χ0) is 6.97. The molecule has 0 bridgehead atoms. The van der Waals surface area contributed by atoms with E-state index < -0.39 is 0 Å². The molecule has 0 spiro atoms.